The molecule has 0 bridgehead atoms. The van der Waals surface area contributed by atoms with Crippen molar-refractivity contribution in [3.63, 3.8) is 0 Å². The van der Waals surface area contributed by atoms with Gasteiger partial charge in [-0.1, -0.05) is 6.07 Å². The molecule has 98 valence electrons. The second-order valence-corrected chi connectivity index (χ2v) is 5.61. The molecule has 0 atom stereocenters. The Morgan fingerprint density at radius 1 is 1.44 bits per heavy atom. The summed E-state index contributed by atoms with van der Waals surface area (Å²) < 4.78 is 19.0. The second kappa shape index (κ2) is 5.49. The molecule has 1 aliphatic carbocycles. The Kier molecular flexibility index (Phi) is 4.17. The van der Waals surface area contributed by atoms with Gasteiger partial charge in [-0.3, -0.25) is 4.79 Å². The number of halogens is 2. The predicted octanol–water partition coefficient (Wildman–Crippen LogP) is 3.66. The van der Waals surface area contributed by atoms with E-state index in [2.05, 4.69) is 15.9 Å². The average Bonchev–Trinajstić information content (AvgIpc) is 2.84. The van der Waals surface area contributed by atoms with Gasteiger partial charge in [0.05, 0.1) is 4.47 Å². The number of hydrogen-bond acceptors (Lipinski definition) is 2. The minimum absolute atomic E-state index is 0.0982. The molecular formula is C14H16BrFO2. The SMILES string of the molecule is COC1(C(=O)Cc2ccc(F)c(Br)c2)CCCC1. The van der Waals surface area contributed by atoms with Gasteiger partial charge < -0.3 is 4.74 Å². The van der Waals surface area contributed by atoms with Crippen LogP contribution in [0, 0.1) is 5.82 Å². The third-order valence-electron chi connectivity index (χ3n) is 3.66. The lowest BCUT2D eigenvalue weighted by Gasteiger charge is -2.25. The molecule has 1 aromatic carbocycles. The molecule has 4 heteroatoms. The van der Waals surface area contributed by atoms with Crippen LogP contribution < -0.4 is 0 Å². The lowest BCUT2D eigenvalue weighted by molar-refractivity contribution is -0.139. The lowest BCUT2D eigenvalue weighted by Crippen LogP contribution is -2.38. The summed E-state index contributed by atoms with van der Waals surface area (Å²) in [4.78, 5) is 12.3. The smallest absolute Gasteiger partial charge is 0.168 e. The van der Waals surface area contributed by atoms with Crippen LogP contribution in [-0.4, -0.2) is 18.5 Å². The molecule has 18 heavy (non-hydrogen) atoms. The van der Waals surface area contributed by atoms with Crippen LogP contribution in [0.1, 0.15) is 31.2 Å². The Labute approximate surface area is 115 Å². The zero-order valence-corrected chi connectivity index (χ0v) is 11.9. The van der Waals surface area contributed by atoms with Crippen molar-refractivity contribution in [2.45, 2.75) is 37.7 Å². The van der Waals surface area contributed by atoms with E-state index in [0.717, 1.165) is 31.2 Å². The number of methoxy groups -OCH3 is 1. The molecule has 2 rings (SSSR count). The van der Waals surface area contributed by atoms with E-state index in [0.29, 0.717) is 10.9 Å². The molecule has 0 saturated heterocycles. The highest BCUT2D eigenvalue weighted by atomic mass is 79.9. The summed E-state index contributed by atoms with van der Waals surface area (Å²) in [5.41, 5.74) is 0.206. The zero-order chi connectivity index (χ0) is 13.2. The monoisotopic (exact) mass is 314 g/mol. The van der Waals surface area contributed by atoms with E-state index in [-0.39, 0.29) is 11.6 Å². The first-order chi connectivity index (χ1) is 8.57. The van der Waals surface area contributed by atoms with Gasteiger partial charge in [-0.15, -0.1) is 0 Å². The number of ketones is 1. The minimum Gasteiger partial charge on any atom is -0.370 e. The summed E-state index contributed by atoms with van der Waals surface area (Å²) in [6.45, 7) is 0. The van der Waals surface area contributed by atoms with Crippen molar-refractivity contribution in [3.05, 3.63) is 34.1 Å². The van der Waals surface area contributed by atoms with E-state index < -0.39 is 5.60 Å². The maximum atomic E-state index is 13.1. The molecular weight excluding hydrogens is 299 g/mol. The van der Waals surface area contributed by atoms with E-state index in [4.69, 9.17) is 4.74 Å². The van der Waals surface area contributed by atoms with Crippen molar-refractivity contribution in [1.29, 1.82) is 0 Å². The van der Waals surface area contributed by atoms with Crippen LogP contribution in [0.3, 0.4) is 0 Å². The standard InChI is InChI=1S/C14H16BrFO2/c1-18-14(6-2-3-7-14)13(17)9-10-4-5-12(16)11(15)8-10/h4-5,8H,2-3,6-7,9H2,1H3. The number of hydrogen-bond donors (Lipinski definition) is 0. The Morgan fingerprint density at radius 3 is 2.67 bits per heavy atom. The first kappa shape index (κ1) is 13.7. The Hall–Kier alpha value is -0.740. The number of carbonyl (C=O) groups is 1. The van der Waals surface area contributed by atoms with E-state index >= 15 is 0 Å². The van der Waals surface area contributed by atoms with Gasteiger partial charge in [0.1, 0.15) is 11.4 Å². The van der Waals surface area contributed by atoms with Gasteiger partial charge >= 0.3 is 0 Å². The summed E-state index contributed by atoms with van der Waals surface area (Å²) in [6.07, 6.45) is 3.96. The van der Waals surface area contributed by atoms with Crippen molar-refractivity contribution in [3.8, 4) is 0 Å². The Morgan fingerprint density at radius 2 is 2.11 bits per heavy atom. The molecule has 0 radical (unpaired) electrons. The van der Waals surface area contributed by atoms with E-state index in [1.165, 1.54) is 6.07 Å². The van der Waals surface area contributed by atoms with Crippen molar-refractivity contribution >= 4 is 21.7 Å². The molecule has 1 aliphatic rings. The Bertz CT molecular complexity index is 453. The van der Waals surface area contributed by atoms with Crippen LogP contribution in [0.2, 0.25) is 0 Å². The van der Waals surface area contributed by atoms with Gasteiger partial charge in [0.15, 0.2) is 5.78 Å². The number of rotatable bonds is 4. The third-order valence-corrected chi connectivity index (χ3v) is 4.27. The second-order valence-electron chi connectivity index (χ2n) is 4.75. The summed E-state index contributed by atoms with van der Waals surface area (Å²) in [6, 6.07) is 4.68. The molecule has 0 spiro atoms. The first-order valence-electron chi connectivity index (χ1n) is 6.10. The summed E-state index contributed by atoms with van der Waals surface area (Å²) in [5.74, 6) is -0.213. The molecule has 0 aliphatic heterocycles. The molecule has 0 unspecified atom stereocenters. The minimum atomic E-state index is -0.610. The normalized spacial score (nSPS) is 17.9. The van der Waals surface area contributed by atoms with Crippen LogP contribution in [0.4, 0.5) is 4.39 Å². The molecule has 0 N–H and O–H groups in total. The van der Waals surface area contributed by atoms with E-state index in [9.17, 15) is 9.18 Å². The fourth-order valence-corrected chi connectivity index (χ4v) is 2.97. The van der Waals surface area contributed by atoms with Crippen molar-refractivity contribution < 1.29 is 13.9 Å². The quantitative estimate of drug-likeness (QED) is 0.847. The average molecular weight is 315 g/mol. The van der Waals surface area contributed by atoms with Gasteiger partial charge in [0.2, 0.25) is 0 Å². The van der Waals surface area contributed by atoms with Crippen LogP contribution in [-0.2, 0) is 16.0 Å². The zero-order valence-electron chi connectivity index (χ0n) is 10.3. The van der Waals surface area contributed by atoms with E-state index in [1.54, 1.807) is 19.2 Å². The van der Waals surface area contributed by atoms with Crippen molar-refractivity contribution in [2.75, 3.05) is 7.11 Å². The number of carbonyl (C=O) groups excluding carboxylic acids is 1. The Balaban J connectivity index is 2.13. The van der Waals surface area contributed by atoms with Crippen molar-refractivity contribution in [1.82, 2.24) is 0 Å². The number of ether oxygens (including phenoxy) is 1. The predicted molar refractivity (Wildman–Crippen MR) is 71.0 cm³/mol. The first-order valence-corrected chi connectivity index (χ1v) is 6.89. The maximum Gasteiger partial charge on any atom is 0.168 e. The molecule has 2 nitrogen and oxygen atoms in total. The largest absolute Gasteiger partial charge is 0.370 e. The molecule has 0 heterocycles. The molecule has 0 aromatic heterocycles. The molecule has 0 amide bonds. The molecule has 1 aromatic rings. The molecule has 1 saturated carbocycles. The van der Waals surface area contributed by atoms with Crippen molar-refractivity contribution in [2.24, 2.45) is 0 Å². The van der Waals surface area contributed by atoms with Gasteiger partial charge in [0, 0.05) is 13.5 Å². The summed E-state index contributed by atoms with van der Waals surface area (Å²) in [7, 11) is 1.60. The summed E-state index contributed by atoms with van der Waals surface area (Å²) in [5, 5.41) is 0. The highest BCUT2D eigenvalue weighted by molar-refractivity contribution is 9.10. The fraction of sp³-hybridized carbons (Fsp3) is 0.500. The van der Waals surface area contributed by atoms with Crippen LogP contribution in [0.15, 0.2) is 22.7 Å². The van der Waals surface area contributed by atoms with Gasteiger partial charge in [-0.2, -0.15) is 0 Å². The van der Waals surface area contributed by atoms with E-state index in [1.807, 2.05) is 0 Å². The van der Waals surface area contributed by atoms with Crippen LogP contribution in [0.5, 0.6) is 0 Å². The molecule has 1 fully saturated rings. The van der Waals surface area contributed by atoms with Gasteiger partial charge in [-0.05, 0) is 59.3 Å². The highest BCUT2D eigenvalue weighted by Crippen LogP contribution is 2.34. The maximum absolute atomic E-state index is 13.1. The fourth-order valence-electron chi connectivity index (χ4n) is 2.54. The highest BCUT2D eigenvalue weighted by Gasteiger charge is 2.40. The lowest BCUT2D eigenvalue weighted by atomic mass is 9.91. The topological polar surface area (TPSA) is 26.3 Å². The number of benzene rings is 1. The van der Waals surface area contributed by atoms with Gasteiger partial charge in [-0.25, -0.2) is 4.39 Å². The van der Waals surface area contributed by atoms with Crippen LogP contribution >= 0.6 is 15.9 Å². The third kappa shape index (κ3) is 2.64. The van der Waals surface area contributed by atoms with Crippen LogP contribution in [0.25, 0.3) is 0 Å². The van der Waals surface area contributed by atoms with Gasteiger partial charge in [0.25, 0.3) is 0 Å². The number of Topliss-reactive ketones (excluding diaryl/α,β-unsaturated/α-hetero) is 1. The summed E-state index contributed by atoms with van der Waals surface area (Å²) >= 11 is 3.13.